The largest absolute Gasteiger partial charge is 0.455 e. The monoisotopic (exact) mass is 956 g/mol. The molecule has 2 heterocycles. The molecule has 0 fully saturated rings. The van der Waals surface area contributed by atoms with Gasteiger partial charge in [-0.15, -0.1) is 0 Å². The predicted molar refractivity (Wildman–Crippen MR) is 315 cm³/mol. The predicted octanol–water partition coefficient (Wildman–Crippen LogP) is 20.2. The van der Waals surface area contributed by atoms with E-state index in [9.17, 15) is 0 Å². The van der Waals surface area contributed by atoms with Gasteiger partial charge in [-0.2, -0.15) is 0 Å². The standard InChI is InChI=1S/C72H48N2O/c1-4-17-49(18-5-1)51-37-43-57(44-38-51)73(59-47-41-56(42-48-59)63-27-15-28-65-64-24-11-13-32-69(64)75-72(63)65)58-45-39-52(40-46-58)50-33-35-55(36-34-50)60-23-10-12-30-67(60)74-68-31-16-25-61(53-19-6-2-7-20-53)70(68)66-29-14-26-62(71(66)74)54-21-8-3-9-22-54/h1-48H. The second kappa shape index (κ2) is 18.6. The van der Waals surface area contributed by atoms with Crippen molar-refractivity contribution in [2.75, 3.05) is 4.90 Å². The number of para-hydroxylation sites is 4. The summed E-state index contributed by atoms with van der Waals surface area (Å²) in [5.41, 5.74) is 22.5. The van der Waals surface area contributed by atoms with E-state index in [1.54, 1.807) is 0 Å². The number of hydrogen-bond donors (Lipinski definition) is 0. The third-order valence-electron chi connectivity index (χ3n) is 14.9. The van der Waals surface area contributed by atoms with Crippen LogP contribution in [0.2, 0.25) is 0 Å². The minimum Gasteiger partial charge on any atom is -0.455 e. The smallest absolute Gasteiger partial charge is 0.143 e. The van der Waals surface area contributed by atoms with Crippen molar-refractivity contribution in [3.05, 3.63) is 291 Å². The molecule has 0 saturated carbocycles. The molecule has 75 heavy (non-hydrogen) atoms. The molecule has 0 aliphatic carbocycles. The maximum absolute atomic E-state index is 6.45. The summed E-state index contributed by atoms with van der Waals surface area (Å²) in [4.78, 5) is 2.34. The minimum absolute atomic E-state index is 0.901. The number of rotatable bonds is 10. The Balaban J connectivity index is 0.825. The van der Waals surface area contributed by atoms with Crippen LogP contribution in [0.4, 0.5) is 17.1 Å². The zero-order valence-corrected chi connectivity index (χ0v) is 41.0. The number of aromatic nitrogens is 1. The molecule has 3 nitrogen and oxygen atoms in total. The fourth-order valence-electron chi connectivity index (χ4n) is 11.3. The van der Waals surface area contributed by atoms with Crippen LogP contribution in [-0.2, 0) is 0 Å². The molecule has 0 radical (unpaired) electrons. The third-order valence-corrected chi connectivity index (χ3v) is 14.9. The first kappa shape index (κ1) is 43.8. The Bertz CT molecular complexity index is 4350. The van der Waals surface area contributed by atoms with Gasteiger partial charge in [0.25, 0.3) is 0 Å². The highest BCUT2D eigenvalue weighted by atomic mass is 16.3. The second-order valence-corrected chi connectivity index (χ2v) is 19.2. The van der Waals surface area contributed by atoms with Gasteiger partial charge in [0.05, 0.1) is 16.7 Å². The number of nitrogens with zero attached hydrogens (tertiary/aromatic N) is 2. The molecule has 0 spiro atoms. The lowest BCUT2D eigenvalue weighted by molar-refractivity contribution is 0.670. The van der Waals surface area contributed by atoms with E-state index >= 15 is 0 Å². The Morgan fingerprint density at radius 1 is 0.267 bits per heavy atom. The summed E-state index contributed by atoms with van der Waals surface area (Å²) in [5.74, 6) is 0. The molecule has 3 heteroatoms. The molecule has 12 aromatic carbocycles. The zero-order chi connectivity index (χ0) is 49.7. The first-order valence-electron chi connectivity index (χ1n) is 25.7. The van der Waals surface area contributed by atoms with Gasteiger partial charge in [0, 0.05) is 55.3 Å². The van der Waals surface area contributed by atoms with Crippen LogP contribution in [-0.4, -0.2) is 4.57 Å². The molecule has 0 aliphatic heterocycles. The number of fused-ring (bicyclic) bond motifs is 6. The van der Waals surface area contributed by atoms with Crippen molar-refractivity contribution in [1.82, 2.24) is 4.57 Å². The molecule has 14 rings (SSSR count). The van der Waals surface area contributed by atoms with Crippen molar-refractivity contribution in [2.45, 2.75) is 0 Å². The van der Waals surface area contributed by atoms with Gasteiger partial charge in [0.15, 0.2) is 0 Å². The number of furan rings is 1. The molecule has 0 aliphatic rings. The summed E-state index contributed by atoms with van der Waals surface area (Å²) in [6.07, 6.45) is 0. The van der Waals surface area contributed by atoms with Crippen LogP contribution >= 0.6 is 0 Å². The van der Waals surface area contributed by atoms with Crippen LogP contribution in [0.15, 0.2) is 296 Å². The molecule has 0 bridgehead atoms. The molecule has 352 valence electrons. The molecule has 0 N–H and O–H groups in total. The minimum atomic E-state index is 0.901. The molecule has 2 aromatic heterocycles. The average molecular weight is 957 g/mol. The lowest BCUT2D eigenvalue weighted by atomic mass is 9.97. The Labute approximate surface area is 436 Å². The van der Waals surface area contributed by atoms with Crippen molar-refractivity contribution < 1.29 is 4.42 Å². The fourth-order valence-corrected chi connectivity index (χ4v) is 11.3. The lowest BCUT2D eigenvalue weighted by Crippen LogP contribution is -2.09. The van der Waals surface area contributed by atoms with Gasteiger partial charge in [-0.25, -0.2) is 0 Å². The zero-order valence-electron chi connectivity index (χ0n) is 41.0. The number of anilines is 3. The van der Waals surface area contributed by atoms with E-state index in [1.165, 1.54) is 60.8 Å². The maximum atomic E-state index is 6.45. The van der Waals surface area contributed by atoms with Crippen LogP contribution < -0.4 is 4.90 Å². The maximum Gasteiger partial charge on any atom is 0.143 e. The fraction of sp³-hybridized carbons (Fsp3) is 0. The van der Waals surface area contributed by atoms with Crippen LogP contribution in [0.3, 0.4) is 0 Å². The average Bonchev–Trinajstić information content (AvgIpc) is 4.07. The van der Waals surface area contributed by atoms with Crippen LogP contribution in [0.25, 0.3) is 116 Å². The quantitative estimate of drug-likeness (QED) is 0.136. The highest BCUT2D eigenvalue weighted by Crippen LogP contribution is 2.45. The van der Waals surface area contributed by atoms with Crippen LogP contribution in [0.5, 0.6) is 0 Å². The first-order valence-corrected chi connectivity index (χ1v) is 25.7. The Morgan fingerprint density at radius 2 is 0.667 bits per heavy atom. The van der Waals surface area contributed by atoms with Gasteiger partial charge in [-0.1, -0.05) is 237 Å². The van der Waals surface area contributed by atoms with Gasteiger partial charge < -0.3 is 13.9 Å². The van der Waals surface area contributed by atoms with E-state index < -0.39 is 0 Å². The van der Waals surface area contributed by atoms with Crippen molar-refractivity contribution in [1.29, 1.82) is 0 Å². The summed E-state index contributed by atoms with van der Waals surface area (Å²) < 4.78 is 8.95. The van der Waals surface area contributed by atoms with Crippen molar-refractivity contribution in [2.24, 2.45) is 0 Å². The topological polar surface area (TPSA) is 21.3 Å². The summed E-state index contributed by atoms with van der Waals surface area (Å²) in [5, 5.41) is 4.74. The van der Waals surface area contributed by atoms with E-state index in [0.717, 1.165) is 72.5 Å². The molecule has 0 saturated heterocycles. The number of benzene rings is 12. The van der Waals surface area contributed by atoms with Crippen LogP contribution in [0.1, 0.15) is 0 Å². The van der Waals surface area contributed by atoms with E-state index in [-0.39, 0.29) is 0 Å². The Kier molecular flexibility index (Phi) is 10.8. The van der Waals surface area contributed by atoms with Gasteiger partial charge >= 0.3 is 0 Å². The normalized spacial score (nSPS) is 11.5. The van der Waals surface area contributed by atoms with E-state index in [0.29, 0.717) is 0 Å². The first-order chi connectivity index (χ1) is 37.2. The molecule has 0 amide bonds. The summed E-state index contributed by atoms with van der Waals surface area (Å²) in [6.45, 7) is 0. The van der Waals surface area contributed by atoms with Crippen molar-refractivity contribution >= 4 is 60.8 Å². The van der Waals surface area contributed by atoms with Gasteiger partial charge in [0.2, 0.25) is 0 Å². The van der Waals surface area contributed by atoms with Gasteiger partial charge in [0.1, 0.15) is 11.2 Å². The highest BCUT2D eigenvalue weighted by Gasteiger charge is 2.22. The third kappa shape index (κ3) is 7.78. The summed E-state index contributed by atoms with van der Waals surface area (Å²) in [7, 11) is 0. The Morgan fingerprint density at radius 3 is 1.31 bits per heavy atom. The van der Waals surface area contributed by atoms with Crippen molar-refractivity contribution in [3.8, 4) is 72.4 Å². The van der Waals surface area contributed by atoms with E-state index in [2.05, 4.69) is 289 Å². The molecular weight excluding hydrogens is 909 g/mol. The van der Waals surface area contributed by atoms with Crippen LogP contribution in [0, 0.1) is 0 Å². The van der Waals surface area contributed by atoms with Gasteiger partial charge in [-0.3, -0.25) is 0 Å². The van der Waals surface area contributed by atoms with E-state index in [1.807, 2.05) is 12.1 Å². The lowest BCUT2D eigenvalue weighted by Gasteiger charge is -2.26. The molecular formula is C72H48N2O. The summed E-state index contributed by atoms with van der Waals surface area (Å²) >= 11 is 0. The van der Waals surface area contributed by atoms with Crippen molar-refractivity contribution in [3.63, 3.8) is 0 Å². The highest BCUT2D eigenvalue weighted by molar-refractivity contribution is 6.19. The SMILES string of the molecule is c1ccc(-c2ccc(N(c3ccc(-c4ccc(-c5ccccc5-n5c6cccc(-c7ccccc7)c6c6cccc(-c7ccccc7)c65)cc4)cc3)c3ccc(-c4cccc5c4oc4ccccc45)cc3)cc2)cc1. The summed E-state index contributed by atoms with van der Waals surface area (Å²) in [6, 6.07) is 105. The second-order valence-electron chi connectivity index (χ2n) is 19.2. The molecule has 14 aromatic rings. The Hall–Kier alpha value is -9.96. The molecule has 0 unspecified atom stereocenters. The van der Waals surface area contributed by atoms with E-state index in [4.69, 9.17) is 4.42 Å². The molecule has 0 atom stereocenters. The number of hydrogen-bond acceptors (Lipinski definition) is 2. The van der Waals surface area contributed by atoms with Gasteiger partial charge in [-0.05, 0) is 105 Å².